The molecule has 0 saturated carbocycles. The van der Waals surface area contributed by atoms with E-state index < -0.39 is 0 Å². The Hall–Kier alpha value is -0.0699. The molecule has 11 heteroatoms. The van der Waals surface area contributed by atoms with Crippen LogP contribution in [0.4, 0.5) is 22.7 Å². The number of aryl methyl sites for hydroxylation is 4. The summed E-state index contributed by atoms with van der Waals surface area (Å²) in [6.07, 6.45) is 0. The van der Waals surface area contributed by atoms with Gasteiger partial charge in [0.2, 0.25) is 0 Å². The van der Waals surface area contributed by atoms with E-state index in [-0.39, 0.29) is 85.4 Å². The van der Waals surface area contributed by atoms with Gasteiger partial charge in [0.1, 0.15) is 8.64 Å². The van der Waals surface area contributed by atoms with E-state index in [2.05, 4.69) is 150 Å². The normalized spacial score (nSPS) is 8.93. The van der Waals surface area contributed by atoms with Crippen molar-refractivity contribution in [3.8, 4) is 0 Å². The molecule has 0 radical (unpaired) electrons. The number of thiocarbonyl (C=S) groups is 2. The zero-order valence-corrected chi connectivity index (χ0v) is 37.7. The Morgan fingerprint density at radius 3 is 0.683 bits per heavy atom. The Kier molecular flexibility index (Phi) is 24.8. The molecule has 0 saturated heterocycles. The van der Waals surface area contributed by atoms with Gasteiger partial charge in [-0.2, -0.15) is 0 Å². The van der Waals surface area contributed by atoms with Crippen LogP contribution in [0.25, 0.3) is 0 Å². The maximum Gasteiger partial charge on any atom is 2.00 e. The summed E-state index contributed by atoms with van der Waals surface area (Å²) < 4.78 is 1.09. The van der Waals surface area contributed by atoms with E-state index in [1.54, 1.807) is 0 Å². The second-order valence-corrected chi connectivity index (χ2v) is 10.8. The maximum atomic E-state index is 5.24. The number of hydrogen-bond donors (Lipinski definition) is 2. The van der Waals surface area contributed by atoms with Crippen molar-refractivity contribution in [1.29, 1.82) is 0 Å². The van der Waals surface area contributed by atoms with E-state index in [1.807, 2.05) is 9.80 Å². The third-order valence-electron chi connectivity index (χ3n) is 5.55. The van der Waals surface area contributed by atoms with Gasteiger partial charge in [-0.25, -0.2) is 0 Å². The Bertz CT molecular complexity index is 1120. The van der Waals surface area contributed by atoms with Crippen molar-refractivity contribution in [2.45, 2.75) is 27.7 Å². The van der Waals surface area contributed by atoms with Crippen LogP contribution in [0.5, 0.6) is 0 Å². The topological polar surface area (TPSA) is 6.48 Å². The molecule has 4 aromatic carbocycles. The first-order valence-electron chi connectivity index (χ1n) is 11.5. The number of rotatable bonds is 4. The van der Waals surface area contributed by atoms with Gasteiger partial charge in [-0.05, 0) is 76.2 Å². The largest absolute Gasteiger partial charge is 2.00 e. The molecule has 0 bridgehead atoms. The molecule has 2 nitrogen and oxygen atoms in total. The van der Waals surface area contributed by atoms with Gasteiger partial charge in [-0.15, -0.1) is 25.3 Å². The molecule has 0 aromatic heterocycles. The summed E-state index contributed by atoms with van der Waals surface area (Å²) in [6.45, 7) is 8.27. The predicted molar refractivity (Wildman–Crippen MR) is 187 cm³/mol. The van der Waals surface area contributed by atoms with Gasteiger partial charge in [-0.1, -0.05) is 95.2 Å². The molecule has 0 spiro atoms. The first-order chi connectivity index (χ1) is 17.2. The fourth-order valence-corrected chi connectivity index (χ4v) is 4.40. The average molecular weight is 807 g/mol. The van der Waals surface area contributed by atoms with Gasteiger partial charge in [0.15, 0.2) is 0 Å². The molecule has 0 amide bonds. The number of thiol groups is 2. The SMILES string of the molecule is Cc1ccc(N(C(=S)S)c2ccc(C)cc2)cc1.Cc1ccc(N(C(=S)S)c2ccc(C)cc2)cc1.[S-2].[S-2].[Zn+2].[Zn+2].[Zn+2]. The van der Waals surface area contributed by atoms with Gasteiger partial charge in [0.25, 0.3) is 0 Å². The summed E-state index contributed by atoms with van der Waals surface area (Å²) in [5, 5.41) is 0. The van der Waals surface area contributed by atoms with Crippen molar-refractivity contribution in [2.75, 3.05) is 9.80 Å². The Labute approximate surface area is 319 Å². The molecule has 0 aliphatic heterocycles. The molecule has 0 N–H and O–H groups in total. The van der Waals surface area contributed by atoms with E-state index in [0.717, 1.165) is 22.7 Å². The summed E-state index contributed by atoms with van der Waals surface area (Å²) in [5.41, 5.74) is 9.04. The van der Waals surface area contributed by atoms with E-state index >= 15 is 0 Å². The first-order valence-corrected chi connectivity index (χ1v) is 13.2. The third kappa shape index (κ3) is 14.1. The third-order valence-corrected chi connectivity index (χ3v) is 6.32. The number of anilines is 4. The van der Waals surface area contributed by atoms with Crippen LogP contribution in [-0.4, -0.2) is 8.64 Å². The molecular weight excluding hydrogens is 777 g/mol. The van der Waals surface area contributed by atoms with Crippen LogP contribution in [0.2, 0.25) is 0 Å². The summed E-state index contributed by atoms with van der Waals surface area (Å²) in [7, 11) is 0. The van der Waals surface area contributed by atoms with Crippen LogP contribution < -0.4 is 9.80 Å². The first kappa shape index (κ1) is 45.4. The number of benzene rings is 4. The maximum absolute atomic E-state index is 5.24. The molecule has 4 rings (SSSR count). The summed E-state index contributed by atoms with van der Waals surface area (Å²) >= 11 is 19.1. The van der Waals surface area contributed by atoms with Crippen LogP contribution in [0.1, 0.15) is 22.3 Å². The van der Waals surface area contributed by atoms with Crippen LogP contribution in [0.15, 0.2) is 97.1 Å². The number of nitrogens with zero attached hydrogens (tertiary/aromatic N) is 2. The minimum atomic E-state index is 0. The summed E-state index contributed by atoms with van der Waals surface area (Å²) in [5.74, 6) is 0. The van der Waals surface area contributed by atoms with Gasteiger partial charge in [0.05, 0.1) is 0 Å². The monoisotopic (exact) mass is 802 g/mol. The minimum Gasteiger partial charge on any atom is -2.00 e. The standard InChI is InChI=1S/2C15H15NS2.2S.3Zn/c2*1-11-3-7-13(8-4-11)16(15(17)18)14-9-5-12(2)6-10-14;;;;;/h2*3-10H,1-2H3,(H,17,18);;;;;/q;;2*-2;3*+2. The fourth-order valence-electron chi connectivity index (χ4n) is 3.52. The molecule has 200 valence electrons. The Balaban J connectivity index is -0.000000628. The molecule has 0 heterocycles. The Morgan fingerprint density at radius 1 is 0.415 bits per heavy atom. The van der Waals surface area contributed by atoms with Crippen molar-refractivity contribution >= 4 is 108 Å². The van der Waals surface area contributed by atoms with E-state index in [9.17, 15) is 0 Å². The van der Waals surface area contributed by atoms with Crippen molar-refractivity contribution in [3.05, 3.63) is 119 Å². The second-order valence-electron chi connectivity index (χ2n) is 8.58. The van der Waals surface area contributed by atoms with Crippen LogP contribution in [0, 0.1) is 27.7 Å². The molecule has 0 fully saturated rings. The van der Waals surface area contributed by atoms with Crippen molar-refractivity contribution in [2.24, 2.45) is 0 Å². The second kappa shape index (κ2) is 22.4. The quantitative estimate of drug-likeness (QED) is 0.121. The number of hydrogen-bond acceptors (Lipinski definition) is 2. The molecule has 0 unspecified atom stereocenters. The van der Waals surface area contributed by atoms with Crippen LogP contribution in [0.3, 0.4) is 0 Å². The molecule has 4 aromatic rings. The van der Waals surface area contributed by atoms with Crippen molar-refractivity contribution in [1.82, 2.24) is 0 Å². The minimum absolute atomic E-state index is 0. The van der Waals surface area contributed by atoms with E-state index in [1.165, 1.54) is 22.3 Å². The zero-order valence-electron chi connectivity index (χ0n) is 23.8. The smallest absolute Gasteiger partial charge is 2.00 e. The zero-order chi connectivity index (χ0) is 26.2. The molecule has 0 aliphatic rings. The Morgan fingerprint density at radius 2 is 0.561 bits per heavy atom. The van der Waals surface area contributed by atoms with Gasteiger partial charge in [-0.3, -0.25) is 9.80 Å². The average Bonchev–Trinajstić information content (AvgIpc) is 2.84. The molecule has 0 atom stereocenters. The van der Waals surface area contributed by atoms with E-state index in [0.29, 0.717) is 8.64 Å². The summed E-state index contributed by atoms with van der Waals surface area (Å²) in [4.78, 5) is 3.91. The van der Waals surface area contributed by atoms with Crippen molar-refractivity contribution in [3.63, 3.8) is 0 Å². The summed E-state index contributed by atoms with van der Waals surface area (Å²) in [6, 6.07) is 33.0. The molecule has 41 heavy (non-hydrogen) atoms. The van der Waals surface area contributed by atoms with Crippen molar-refractivity contribution < 1.29 is 58.4 Å². The van der Waals surface area contributed by atoms with E-state index in [4.69, 9.17) is 24.4 Å². The molecule has 0 aliphatic carbocycles. The van der Waals surface area contributed by atoms with Gasteiger partial charge in [0, 0.05) is 22.7 Å². The van der Waals surface area contributed by atoms with Crippen LogP contribution >= 0.6 is 49.7 Å². The van der Waals surface area contributed by atoms with Gasteiger partial charge < -0.3 is 27.0 Å². The van der Waals surface area contributed by atoms with Crippen LogP contribution in [-0.2, 0) is 85.4 Å². The molecular formula is C30H30N2S6Zn3+2. The van der Waals surface area contributed by atoms with Gasteiger partial charge >= 0.3 is 58.4 Å². The predicted octanol–water partition coefficient (Wildman–Crippen LogP) is 9.30. The fraction of sp³-hybridized carbons (Fsp3) is 0.133.